The van der Waals surface area contributed by atoms with Gasteiger partial charge in [-0.15, -0.1) is 0 Å². The standard InChI is InChI=1S/C23H23NO5/c1-23(2,3)22(27)28-17-10-9-16-13-18(21(26)29-19(16)14-17)20(25)24-12-11-15-7-5-4-6-8-15/h4-10,13-14H,11-12H2,1-3H3,(H,24,25). The summed E-state index contributed by atoms with van der Waals surface area (Å²) in [6.45, 7) is 5.65. The van der Waals surface area contributed by atoms with Crippen molar-refractivity contribution in [3.05, 3.63) is 76.1 Å². The van der Waals surface area contributed by atoms with Gasteiger partial charge in [-0.25, -0.2) is 4.79 Å². The van der Waals surface area contributed by atoms with Crippen molar-refractivity contribution in [2.45, 2.75) is 27.2 Å². The van der Waals surface area contributed by atoms with Gasteiger partial charge in [-0.05, 0) is 51.0 Å². The Morgan fingerprint density at radius 1 is 1.03 bits per heavy atom. The van der Waals surface area contributed by atoms with Crippen LogP contribution in [0.3, 0.4) is 0 Å². The summed E-state index contributed by atoms with van der Waals surface area (Å²) in [4.78, 5) is 36.7. The average molecular weight is 393 g/mol. The molecule has 2 aromatic carbocycles. The summed E-state index contributed by atoms with van der Waals surface area (Å²) in [5.74, 6) is -0.603. The molecule has 29 heavy (non-hydrogen) atoms. The van der Waals surface area contributed by atoms with Crippen LogP contribution in [0.5, 0.6) is 5.75 Å². The Kier molecular flexibility index (Phi) is 5.82. The summed E-state index contributed by atoms with van der Waals surface area (Å²) in [6, 6.07) is 15.9. The Hall–Kier alpha value is -3.41. The van der Waals surface area contributed by atoms with Gasteiger partial charge < -0.3 is 14.5 Å². The first-order valence-corrected chi connectivity index (χ1v) is 9.36. The molecule has 0 spiro atoms. The van der Waals surface area contributed by atoms with E-state index >= 15 is 0 Å². The highest BCUT2D eigenvalue weighted by Crippen LogP contribution is 2.23. The van der Waals surface area contributed by atoms with Crippen molar-refractivity contribution in [3.8, 4) is 5.75 Å². The Morgan fingerprint density at radius 3 is 2.45 bits per heavy atom. The van der Waals surface area contributed by atoms with Crippen molar-refractivity contribution in [3.63, 3.8) is 0 Å². The molecule has 3 aromatic rings. The fraction of sp³-hybridized carbons (Fsp3) is 0.261. The van der Waals surface area contributed by atoms with Crippen LogP contribution in [-0.4, -0.2) is 18.4 Å². The van der Waals surface area contributed by atoms with Crippen LogP contribution in [0, 0.1) is 5.41 Å². The number of nitrogens with one attached hydrogen (secondary N) is 1. The number of carbonyl (C=O) groups is 2. The van der Waals surface area contributed by atoms with Crippen LogP contribution in [0.1, 0.15) is 36.7 Å². The van der Waals surface area contributed by atoms with E-state index in [4.69, 9.17) is 9.15 Å². The van der Waals surface area contributed by atoms with Crippen LogP contribution in [0.4, 0.5) is 0 Å². The fourth-order valence-electron chi connectivity index (χ4n) is 2.63. The summed E-state index contributed by atoms with van der Waals surface area (Å²) >= 11 is 0. The van der Waals surface area contributed by atoms with Gasteiger partial charge in [0.1, 0.15) is 16.9 Å². The third-order valence-corrected chi connectivity index (χ3v) is 4.32. The molecule has 0 aliphatic rings. The molecule has 0 aliphatic heterocycles. The molecular formula is C23H23NO5. The molecule has 1 amide bonds. The summed E-state index contributed by atoms with van der Waals surface area (Å²) in [6.07, 6.45) is 0.661. The van der Waals surface area contributed by atoms with Gasteiger partial charge in [-0.3, -0.25) is 9.59 Å². The molecule has 0 bridgehead atoms. The lowest BCUT2D eigenvalue weighted by molar-refractivity contribution is -0.142. The molecule has 0 saturated heterocycles. The summed E-state index contributed by atoms with van der Waals surface area (Å²) in [7, 11) is 0. The van der Waals surface area contributed by atoms with E-state index in [1.165, 1.54) is 12.1 Å². The van der Waals surface area contributed by atoms with Gasteiger partial charge in [0.2, 0.25) is 0 Å². The van der Waals surface area contributed by atoms with Gasteiger partial charge in [0, 0.05) is 18.0 Å². The summed E-state index contributed by atoms with van der Waals surface area (Å²) < 4.78 is 10.6. The number of fused-ring (bicyclic) bond motifs is 1. The van der Waals surface area contributed by atoms with Crippen molar-refractivity contribution in [2.75, 3.05) is 6.54 Å². The average Bonchev–Trinajstić information content (AvgIpc) is 2.67. The number of rotatable bonds is 5. The van der Waals surface area contributed by atoms with Crippen molar-refractivity contribution < 1.29 is 18.7 Å². The minimum Gasteiger partial charge on any atom is -0.426 e. The molecule has 0 unspecified atom stereocenters. The van der Waals surface area contributed by atoms with E-state index in [1.807, 2.05) is 30.3 Å². The van der Waals surface area contributed by atoms with Crippen LogP contribution >= 0.6 is 0 Å². The normalized spacial score (nSPS) is 11.3. The van der Waals surface area contributed by atoms with Crippen LogP contribution in [0.25, 0.3) is 11.0 Å². The quantitative estimate of drug-likeness (QED) is 0.406. The molecule has 150 valence electrons. The predicted octanol–water partition coefficient (Wildman–Crippen LogP) is 3.72. The van der Waals surface area contributed by atoms with E-state index in [0.29, 0.717) is 18.4 Å². The fourth-order valence-corrected chi connectivity index (χ4v) is 2.63. The highest BCUT2D eigenvalue weighted by molar-refractivity contribution is 5.96. The molecule has 6 nitrogen and oxygen atoms in total. The maximum atomic E-state index is 12.4. The number of ether oxygens (including phenoxy) is 1. The SMILES string of the molecule is CC(C)(C)C(=O)Oc1ccc2cc(C(=O)NCCc3ccccc3)c(=O)oc2c1. The van der Waals surface area contributed by atoms with E-state index in [0.717, 1.165) is 5.56 Å². The van der Waals surface area contributed by atoms with Crippen LogP contribution in [0.2, 0.25) is 0 Å². The van der Waals surface area contributed by atoms with Gasteiger partial charge in [-0.1, -0.05) is 30.3 Å². The van der Waals surface area contributed by atoms with E-state index in [-0.39, 0.29) is 16.9 Å². The molecule has 0 atom stereocenters. The lowest BCUT2D eigenvalue weighted by atomic mass is 9.97. The number of carbonyl (C=O) groups excluding carboxylic acids is 2. The lowest BCUT2D eigenvalue weighted by Gasteiger charge is -2.16. The van der Waals surface area contributed by atoms with E-state index in [2.05, 4.69) is 5.32 Å². The van der Waals surface area contributed by atoms with E-state index < -0.39 is 22.9 Å². The van der Waals surface area contributed by atoms with Gasteiger partial charge in [-0.2, -0.15) is 0 Å². The number of amides is 1. The van der Waals surface area contributed by atoms with Crippen molar-refractivity contribution >= 4 is 22.8 Å². The third kappa shape index (κ3) is 5.10. The van der Waals surface area contributed by atoms with Gasteiger partial charge in [0.25, 0.3) is 5.91 Å². The molecule has 0 radical (unpaired) electrons. The van der Waals surface area contributed by atoms with E-state index in [1.54, 1.807) is 32.9 Å². The molecule has 1 N–H and O–H groups in total. The Labute approximate surface area is 168 Å². The van der Waals surface area contributed by atoms with Gasteiger partial charge in [0.05, 0.1) is 5.41 Å². The monoisotopic (exact) mass is 393 g/mol. The predicted molar refractivity (Wildman–Crippen MR) is 110 cm³/mol. The molecule has 6 heteroatoms. The van der Waals surface area contributed by atoms with Crippen molar-refractivity contribution in [1.82, 2.24) is 5.32 Å². The second-order valence-corrected chi connectivity index (χ2v) is 7.78. The minimum absolute atomic E-state index is 0.0648. The second-order valence-electron chi connectivity index (χ2n) is 7.78. The van der Waals surface area contributed by atoms with E-state index in [9.17, 15) is 14.4 Å². The smallest absolute Gasteiger partial charge is 0.349 e. The lowest BCUT2D eigenvalue weighted by Crippen LogP contribution is -2.29. The number of benzene rings is 2. The third-order valence-electron chi connectivity index (χ3n) is 4.32. The molecule has 1 heterocycles. The Morgan fingerprint density at radius 2 is 1.76 bits per heavy atom. The summed E-state index contributed by atoms with van der Waals surface area (Å²) in [5.41, 5.74) is -0.123. The second kappa shape index (κ2) is 8.31. The van der Waals surface area contributed by atoms with Crippen LogP contribution in [-0.2, 0) is 11.2 Å². The number of esters is 1. The molecule has 1 aromatic heterocycles. The first kappa shape index (κ1) is 20.3. The number of hydrogen-bond donors (Lipinski definition) is 1. The first-order chi connectivity index (χ1) is 13.7. The molecule has 0 aliphatic carbocycles. The van der Waals surface area contributed by atoms with Crippen LogP contribution < -0.4 is 15.7 Å². The van der Waals surface area contributed by atoms with Gasteiger partial charge in [0.15, 0.2) is 0 Å². The zero-order valence-electron chi connectivity index (χ0n) is 16.7. The largest absolute Gasteiger partial charge is 0.426 e. The van der Waals surface area contributed by atoms with Crippen LogP contribution in [0.15, 0.2) is 63.8 Å². The minimum atomic E-state index is -0.742. The topological polar surface area (TPSA) is 85.6 Å². The molecule has 0 saturated carbocycles. The molecular weight excluding hydrogens is 370 g/mol. The molecule has 3 rings (SSSR count). The van der Waals surface area contributed by atoms with Gasteiger partial charge >= 0.3 is 11.6 Å². The highest BCUT2D eigenvalue weighted by atomic mass is 16.5. The zero-order chi connectivity index (χ0) is 21.0. The number of hydrogen-bond acceptors (Lipinski definition) is 5. The Balaban J connectivity index is 1.73. The maximum absolute atomic E-state index is 12.4. The highest BCUT2D eigenvalue weighted by Gasteiger charge is 2.24. The maximum Gasteiger partial charge on any atom is 0.349 e. The first-order valence-electron chi connectivity index (χ1n) is 9.36. The summed E-state index contributed by atoms with van der Waals surface area (Å²) in [5, 5.41) is 3.30. The van der Waals surface area contributed by atoms with Crippen molar-refractivity contribution in [1.29, 1.82) is 0 Å². The Bertz CT molecular complexity index is 1090. The zero-order valence-corrected chi connectivity index (χ0v) is 16.7. The molecule has 0 fully saturated rings. The van der Waals surface area contributed by atoms with Crippen molar-refractivity contribution in [2.24, 2.45) is 5.41 Å².